The molecule has 0 saturated carbocycles. The smallest absolute Gasteiger partial charge is 0.275 e. The molecule has 8 heteroatoms. The number of hydrogen-bond acceptors (Lipinski definition) is 6. The summed E-state index contributed by atoms with van der Waals surface area (Å²) in [6.07, 6.45) is 1.70. The van der Waals surface area contributed by atoms with Crippen LogP contribution in [0.25, 0.3) is 0 Å². The fourth-order valence-corrected chi connectivity index (χ4v) is 2.36. The summed E-state index contributed by atoms with van der Waals surface area (Å²) in [5.41, 5.74) is 1.10. The maximum atomic E-state index is 10.9. The van der Waals surface area contributed by atoms with Gasteiger partial charge in [0.05, 0.1) is 23.6 Å². The number of hydrogen-bond donors (Lipinski definition) is 1. The molecular weight excluding hydrogens is 262 g/mol. The Morgan fingerprint density at radius 3 is 3.00 bits per heavy atom. The number of aromatic nitrogens is 3. The van der Waals surface area contributed by atoms with Gasteiger partial charge in [0.1, 0.15) is 6.33 Å². The van der Waals surface area contributed by atoms with E-state index in [-0.39, 0.29) is 12.3 Å². The Morgan fingerprint density at radius 1 is 1.40 bits per heavy atom. The molecule has 1 N–H and O–H groups in total. The summed E-state index contributed by atoms with van der Waals surface area (Å²) in [6.45, 7) is 1.79. The van der Waals surface area contributed by atoms with Gasteiger partial charge in [-0.3, -0.25) is 10.1 Å². The van der Waals surface area contributed by atoms with Gasteiger partial charge in [-0.1, -0.05) is 0 Å². The van der Waals surface area contributed by atoms with Crippen molar-refractivity contribution in [3.63, 3.8) is 0 Å². The van der Waals surface area contributed by atoms with E-state index >= 15 is 0 Å². The maximum Gasteiger partial charge on any atom is 0.275 e. The van der Waals surface area contributed by atoms with Gasteiger partial charge in [-0.25, -0.2) is 0 Å². The van der Waals surface area contributed by atoms with Crippen molar-refractivity contribution in [1.29, 1.82) is 0 Å². The summed E-state index contributed by atoms with van der Waals surface area (Å²) in [4.78, 5) is 12.4. The Hall–Kier alpha value is -2.48. The van der Waals surface area contributed by atoms with E-state index in [1.54, 1.807) is 18.5 Å². The van der Waals surface area contributed by atoms with Crippen LogP contribution in [-0.2, 0) is 19.7 Å². The van der Waals surface area contributed by atoms with Gasteiger partial charge in [-0.2, -0.15) is 0 Å². The number of nitro benzene ring substituents is 1. The third-order valence-electron chi connectivity index (χ3n) is 3.43. The summed E-state index contributed by atoms with van der Waals surface area (Å²) in [6, 6.07) is 4.79. The lowest BCUT2D eigenvalue weighted by Crippen LogP contribution is -2.33. The molecule has 0 aliphatic carbocycles. The molecule has 8 nitrogen and oxygen atoms in total. The first-order valence-corrected chi connectivity index (χ1v) is 6.19. The van der Waals surface area contributed by atoms with Gasteiger partial charge < -0.3 is 14.6 Å². The third kappa shape index (κ3) is 2.10. The van der Waals surface area contributed by atoms with Gasteiger partial charge in [-0.05, 0) is 12.1 Å². The standard InChI is InChI=1S/C12H13N5O3/c18-7-9-5-10(1-2-11(9)17(19)20)15-3-4-16-8-13-14-12(16)6-15/h1-2,5,8,18H,3-4,6-7H2. The molecule has 0 fully saturated rings. The highest BCUT2D eigenvalue weighted by molar-refractivity contribution is 5.55. The van der Waals surface area contributed by atoms with Crippen molar-refractivity contribution >= 4 is 11.4 Å². The van der Waals surface area contributed by atoms with Crippen molar-refractivity contribution in [3.05, 3.63) is 46.0 Å². The van der Waals surface area contributed by atoms with Crippen molar-refractivity contribution < 1.29 is 10.0 Å². The molecule has 104 valence electrons. The lowest BCUT2D eigenvalue weighted by atomic mass is 10.1. The molecular formula is C12H13N5O3. The Morgan fingerprint density at radius 2 is 2.25 bits per heavy atom. The topological polar surface area (TPSA) is 97.3 Å². The molecule has 0 saturated heterocycles. The average Bonchev–Trinajstić information content (AvgIpc) is 2.93. The molecule has 2 aromatic rings. The van der Waals surface area contributed by atoms with Crippen LogP contribution in [-0.4, -0.2) is 31.3 Å². The summed E-state index contributed by atoms with van der Waals surface area (Å²) in [5, 5.41) is 28.0. The van der Waals surface area contributed by atoms with E-state index < -0.39 is 4.92 Å². The SMILES string of the molecule is O=[N+]([O-])c1ccc(N2CCn3cnnc3C2)cc1CO. The van der Waals surface area contributed by atoms with Gasteiger partial charge >= 0.3 is 0 Å². The van der Waals surface area contributed by atoms with Crippen molar-refractivity contribution in [1.82, 2.24) is 14.8 Å². The Bertz CT molecular complexity index is 654. The lowest BCUT2D eigenvalue weighted by molar-refractivity contribution is -0.385. The number of fused-ring (bicyclic) bond motifs is 1. The molecule has 2 heterocycles. The molecule has 1 aliphatic heterocycles. The second kappa shape index (κ2) is 4.89. The molecule has 20 heavy (non-hydrogen) atoms. The monoisotopic (exact) mass is 275 g/mol. The van der Waals surface area contributed by atoms with Gasteiger partial charge in [0.25, 0.3) is 5.69 Å². The van der Waals surface area contributed by atoms with Crippen molar-refractivity contribution in [2.24, 2.45) is 0 Å². The number of anilines is 1. The summed E-state index contributed by atoms with van der Waals surface area (Å²) in [7, 11) is 0. The van der Waals surface area contributed by atoms with Crippen LogP contribution in [0.3, 0.4) is 0 Å². The average molecular weight is 275 g/mol. The fraction of sp³-hybridized carbons (Fsp3) is 0.333. The molecule has 0 amide bonds. The molecule has 3 rings (SSSR count). The zero-order valence-corrected chi connectivity index (χ0v) is 10.6. The highest BCUT2D eigenvalue weighted by atomic mass is 16.6. The van der Waals surface area contributed by atoms with E-state index in [4.69, 9.17) is 0 Å². The minimum Gasteiger partial charge on any atom is -0.391 e. The maximum absolute atomic E-state index is 10.9. The normalized spacial score (nSPS) is 14.2. The van der Waals surface area contributed by atoms with E-state index in [1.807, 2.05) is 4.57 Å². The van der Waals surface area contributed by atoms with Gasteiger partial charge in [0.15, 0.2) is 5.82 Å². The van der Waals surface area contributed by atoms with Gasteiger partial charge in [-0.15, -0.1) is 10.2 Å². The van der Waals surface area contributed by atoms with Gasteiger partial charge in [0, 0.05) is 24.8 Å². The first-order valence-electron chi connectivity index (χ1n) is 6.19. The Labute approximate surface area is 114 Å². The summed E-state index contributed by atoms with van der Waals surface area (Å²) < 4.78 is 1.98. The first-order chi connectivity index (χ1) is 9.69. The van der Waals surface area contributed by atoms with Crippen LogP contribution in [0.5, 0.6) is 0 Å². The van der Waals surface area contributed by atoms with Crippen LogP contribution in [0.15, 0.2) is 24.5 Å². The minimum absolute atomic E-state index is 0.0589. The number of benzene rings is 1. The number of rotatable bonds is 3. The summed E-state index contributed by atoms with van der Waals surface area (Å²) in [5.74, 6) is 0.861. The zero-order valence-electron chi connectivity index (χ0n) is 10.6. The molecule has 0 atom stereocenters. The van der Waals surface area contributed by atoms with Crippen LogP contribution in [0, 0.1) is 10.1 Å². The second-order valence-corrected chi connectivity index (χ2v) is 4.59. The van der Waals surface area contributed by atoms with Gasteiger partial charge in [0.2, 0.25) is 0 Å². The summed E-state index contributed by atoms with van der Waals surface area (Å²) >= 11 is 0. The highest BCUT2D eigenvalue weighted by Gasteiger charge is 2.20. The van der Waals surface area contributed by atoms with E-state index in [2.05, 4.69) is 15.1 Å². The van der Waals surface area contributed by atoms with E-state index in [0.29, 0.717) is 12.1 Å². The Balaban J connectivity index is 1.90. The van der Waals surface area contributed by atoms with E-state index in [9.17, 15) is 15.2 Å². The predicted octanol–water partition coefficient (Wildman–Crippen LogP) is 0.699. The molecule has 1 aromatic heterocycles. The van der Waals surface area contributed by atoms with Crippen molar-refractivity contribution in [3.8, 4) is 0 Å². The zero-order chi connectivity index (χ0) is 14.1. The number of aliphatic hydroxyl groups excluding tert-OH is 1. The van der Waals surface area contributed by atoms with Crippen molar-refractivity contribution in [2.75, 3.05) is 11.4 Å². The second-order valence-electron chi connectivity index (χ2n) is 4.59. The lowest BCUT2D eigenvalue weighted by Gasteiger charge is -2.29. The third-order valence-corrected chi connectivity index (χ3v) is 3.43. The predicted molar refractivity (Wildman–Crippen MR) is 70.1 cm³/mol. The van der Waals surface area contributed by atoms with Crippen LogP contribution in [0.4, 0.5) is 11.4 Å². The largest absolute Gasteiger partial charge is 0.391 e. The van der Waals surface area contributed by atoms with Crippen LogP contribution in [0.1, 0.15) is 11.4 Å². The molecule has 0 spiro atoms. The number of nitrogens with zero attached hydrogens (tertiary/aromatic N) is 5. The highest BCUT2D eigenvalue weighted by Crippen LogP contribution is 2.27. The minimum atomic E-state index is -0.484. The van der Waals surface area contributed by atoms with Crippen LogP contribution in [0.2, 0.25) is 0 Å². The van der Waals surface area contributed by atoms with Crippen LogP contribution >= 0.6 is 0 Å². The van der Waals surface area contributed by atoms with E-state index in [0.717, 1.165) is 24.6 Å². The number of nitro groups is 1. The fourth-order valence-electron chi connectivity index (χ4n) is 2.36. The van der Waals surface area contributed by atoms with Crippen molar-refractivity contribution in [2.45, 2.75) is 19.7 Å². The molecule has 1 aliphatic rings. The molecule has 0 unspecified atom stereocenters. The molecule has 0 radical (unpaired) electrons. The first kappa shape index (κ1) is 12.5. The number of aliphatic hydroxyl groups is 1. The molecule has 0 bridgehead atoms. The van der Waals surface area contributed by atoms with E-state index in [1.165, 1.54) is 6.07 Å². The molecule has 1 aromatic carbocycles. The quantitative estimate of drug-likeness (QED) is 0.654. The van der Waals surface area contributed by atoms with Crippen LogP contribution < -0.4 is 4.90 Å². The Kier molecular flexibility index (Phi) is 3.07.